The van der Waals surface area contributed by atoms with E-state index in [1.807, 2.05) is 0 Å². The van der Waals surface area contributed by atoms with Crippen LogP contribution in [0.1, 0.15) is 49.6 Å². The van der Waals surface area contributed by atoms with E-state index in [-0.39, 0.29) is 0 Å². The molecule has 0 bridgehead atoms. The minimum atomic E-state index is 0.500. The van der Waals surface area contributed by atoms with Gasteiger partial charge in [-0.05, 0) is 64.6 Å². The van der Waals surface area contributed by atoms with Crippen LogP contribution in [0.15, 0.2) is 0 Å². The summed E-state index contributed by atoms with van der Waals surface area (Å²) in [6, 6.07) is 0. The molecule has 1 aromatic rings. The van der Waals surface area contributed by atoms with Gasteiger partial charge in [-0.1, -0.05) is 6.92 Å². The minimum absolute atomic E-state index is 0.500. The Morgan fingerprint density at radius 1 is 1.40 bits per heavy atom. The van der Waals surface area contributed by atoms with Crippen molar-refractivity contribution in [1.82, 2.24) is 15.1 Å². The first-order valence-corrected chi connectivity index (χ1v) is 8.07. The van der Waals surface area contributed by atoms with Gasteiger partial charge in [-0.2, -0.15) is 5.10 Å². The van der Waals surface area contributed by atoms with Crippen molar-refractivity contribution >= 4 is 0 Å². The zero-order valence-electron chi connectivity index (χ0n) is 13.2. The molecule has 0 radical (unpaired) electrons. The highest BCUT2D eigenvalue weighted by Crippen LogP contribution is 2.18. The molecule has 0 spiro atoms. The number of rotatable bonds is 8. The molecule has 1 aromatic heterocycles. The highest BCUT2D eigenvalue weighted by atomic mass is 16.5. The van der Waals surface area contributed by atoms with Crippen LogP contribution in [0, 0.1) is 13.8 Å². The summed E-state index contributed by atoms with van der Waals surface area (Å²) in [4.78, 5) is 0. The summed E-state index contributed by atoms with van der Waals surface area (Å²) in [6.07, 6.45) is 6.39. The Morgan fingerprint density at radius 3 is 2.95 bits per heavy atom. The van der Waals surface area contributed by atoms with Crippen molar-refractivity contribution in [3.8, 4) is 0 Å². The van der Waals surface area contributed by atoms with Gasteiger partial charge in [-0.25, -0.2) is 0 Å². The lowest BCUT2D eigenvalue weighted by atomic mass is 10.1. The van der Waals surface area contributed by atoms with Crippen molar-refractivity contribution in [2.45, 2.75) is 65.5 Å². The summed E-state index contributed by atoms with van der Waals surface area (Å²) in [5.41, 5.74) is 3.95. The van der Waals surface area contributed by atoms with E-state index >= 15 is 0 Å². The van der Waals surface area contributed by atoms with Gasteiger partial charge in [0.25, 0.3) is 0 Å². The molecule has 0 aromatic carbocycles. The Kier molecular flexibility index (Phi) is 6.05. The number of ether oxygens (including phenoxy) is 1. The molecule has 2 rings (SSSR count). The molecule has 1 atom stereocenters. The number of nitrogens with one attached hydrogen (secondary N) is 1. The third kappa shape index (κ3) is 4.06. The zero-order valence-corrected chi connectivity index (χ0v) is 13.2. The summed E-state index contributed by atoms with van der Waals surface area (Å²) in [5, 5.41) is 8.09. The summed E-state index contributed by atoms with van der Waals surface area (Å²) >= 11 is 0. The fourth-order valence-corrected chi connectivity index (χ4v) is 3.04. The van der Waals surface area contributed by atoms with E-state index < -0.39 is 0 Å². The second kappa shape index (κ2) is 7.79. The van der Waals surface area contributed by atoms with Crippen molar-refractivity contribution in [2.24, 2.45) is 0 Å². The van der Waals surface area contributed by atoms with Crippen LogP contribution in [-0.2, 0) is 17.7 Å². The largest absolute Gasteiger partial charge is 0.378 e. The van der Waals surface area contributed by atoms with Crippen LogP contribution in [-0.4, -0.2) is 35.6 Å². The van der Waals surface area contributed by atoms with Crippen molar-refractivity contribution in [2.75, 3.05) is 19.7 Å². The normalized spacial score (nSPS) is 18.9. The molecule has 0 saturated carbocycles. The van der Waals surface area contributed by atoms with E-state index in [9.17, 15) is 0 Å². The second-order valence-corrected chi connectivity index (χ2v) is 5.75. The Bertz CT molecular complexity index is 408. The molecule has 114 valence electrons. The number of aromatic nitrogens is 2. The Labute approximate surface area is 122 Å². The van der Waals surface area contributed by atoms with Crippen LogP contribution < -0.4 is 5.32 Å². The maximum atomic E-state index is 5.68. The SMILES string of the molecule is CCNCCc1c(C)nn(CCCC2CCCO2)c1C. The Balaban J connectivity index is 1.83. The van der Waals surface area contributed by atoms with Crippen LogP contribution in [0.5, 0.6) is 0 Å². The standard InChI is InChI=1S/C16H29N3O/c1-4-17-10-9-16-13(2)18-19(14(16)3)11-5-7-15-8-6-12-20-15/h15,17H,4-12H2,1-3H3. The average Bonchev–Trinajstić information content (AvgIpc) is 3.03. The number of hydrogen-bond acceptors (Lipinski definition) is 3. The molecule has 0 aliphatic carbocycles. The van der Waals surface area contributed by atoms with Crippen LogP contribution >= 0.6 is 0 Å². The van der Waals surface area contributed by atoms with Gasteiger partial charge in [0, 0.05) is 18.8 Å². The van der Waals surface area contributed by atoms with Gasteiger partial charge in [0.15, 0.2) is 0 Å². The van der Waals surface area contributed by atoms with E-state index in [2.05, 4.69) is 30.8 Å². The fourth-order valence-electron chi connectivity index (χ4n) is 3.04. The summed E-state index contributed by atoms with van der Waals surface area (Å²) in [5.74, 6) is 0. The molecule has 1 N–H and O–H groups in total. The molecule has 2 heterocycles. The number of likely N-dealkylation sites (N-methyl/N-ethyl adjacent to an activating group) is 1. The lowest BCUT2D eigenvalue weighted by molar-refractivity contribution is 0.101. The van der Waals surface area contributed by atoms with Gasteiger partial charge in [-0.3, -0.25) is 4.68 Å². The molecule has 1 aliphatic heterocycles. The van der Waals surface area contributed by atoms with Crippen molar-refractivity contribution < 1.29 is 4.74 Å². The maximum Gasteiger partial charge on any atom is 0.0628 e. The van der Waals surface area contributed by atoms with E-state index in [0.717, 1.165) is 32.7 Å². The molecule has 0 amide bonds. The molecule has 1 unspecified atom stereocenters. The van der Waals surface area contributed by atoms with E-state index in [4.69, 9.17) is 9.84 Å². The number of aryl methyl sites for hydroxylation is 2. The average molecular weight is 279 g/mol. The smallest absolute Gasteiger partial charge is 0.0628 e. The number of hydrogen-bond donors (Lipinski definition) is 1. The van der Waals surface area contributed by atoms with Crippen molar-refractivity contribution in [3.05, 3.63) is 17.0 Å². The van der Waals surface area contributed by atoms with Gasteiger partial charge in [0.2, 0.25) is 0 Å². The predicted octanol–water partition coefficient (Wildman–Crippen LogP) is 2.61. The van der Waals surface area contributed by atoms with Gasteiger partial charge in [0.05, 0.1) is 11.8 Å². The first kappa shape index (κ1) is 15.5. The van der Waals surface area contributed by atoms with Crippen molar-refractivity contribution in [3.63, 3.8) is 0 Å². The van der Waals surface area contributed by atoms with E-state index in [1.54, 1.807) is 0 Å². The van der Waals surface area contributed by atoms with E-state index in [1.165, 1.54) is 42.6 Å². The summed E-state index contributed by atoms with van der Waals surface area (Å²) in [7, 11) is 0. The highest BCUT2D eigenvalue weighted by molar-refractivity contribution is 5.24. The molecular formula is C16H29N3O. The van der Waals surface area contributed by atoms with E-state index in [0.29, 0.717) is 6.10 Å². The highest BCUT2D eigenvalue weighted by Gasteiger charge is 2.16. The topological polar surface area (TPSA) is 39.1 Å². The minimum Gasteiger partial charge on any atom is -0.378 e. The second-order valence-electron chi connectivity index (χ2n) is 5.75. The van der Waals surface area contributed by atoms with Crippen LogP contribution in [0.3, 0.4) is 0 Å². The van der Waals surface area contributed by atoms with Crippen LogP contribution in [0.4, 0.5) is 0 Å². The molecule has 1 fully saturated rings. The van der Waals surface area contributed by atoms with Gasteiger partial charge >= 0.3 is 0 Å². The Hall–Kier alpha value is -0.870. The first-order chi connectivity index (χ1) is 9.72. The molecule has 20 heavy (non-hydrogen) atoms. The van der Waals surface area contributed by atoms with Crippen molar-refractivity contribution in [1.29, 1.82) is 0 Å². The third-order valence-corrected chi connectivity index (χ3v) is 4.25. The summed E-state index contributed by atoms with van der Waals surface area (Å²) < 4.78 is 7.86. The van der Waals surface area contributed by atoms with Gasteiger partial charge in [0.1, 0.15) is 0 Å². The monoisotopic (exact) mass is 279 g/mol. The Morgan fingerprint density at radius 2 is 2.25 bits per heavy atom. The molecular weight excluding hydrogens is 250 g/mol. The molecule has 4 nitrogen and oxygen atoms in total. The fraction of sp³-hybridized carbons (Fsp3) is 0.812. The lowest BCUT2D eigenvalue weighted by Crippen LogP contribution is -2.16. The number of nitrogens with zero attached hydrogens (tertiary/aromatic N) is 2. The van der Waals surface area contributed by atoms with Crippen LogP contribution in [0.2, 0.25) is 0 Å². The molecule has 1 aliphatic rings. The van der Waals surface area contributed by atoms with Gasteiger partial charge in [-0.15, -0.1) is 0 Å². The quantitative estimate of drug-likeness (QED) is 0.744. The molecule has 1 saturated heterocycles. The third-order valence-electron chi connectivity index (χ3n) is 4.25. The predicted molar refractivity (Wildman–Crippen MR) is 82.2 cm³/mol. The van der Waals surface area contributed by atoms with Gasteiger partial charge < -0.3 is 10.1 Å². The summed E-state index contributed by atoms with van der Waals surface area (Å²) in [6.45, 7) is 10.5. The van der Waals surface area contributed by atoms with Crippen LogP contribution in [0.25, 0.3) is 0 Å². The maximum absolute atomic E-state index is 5.68. The lowest BCUT2D eigenvalue weighted by Gasteiger charge is -2.10. The first-order valence-electron chi connectivity index (χ1n) is 8.07. The molecule has 4 heteroatoms. The zero-order chi connectivity index (χ0) is 14.4.